The molecule has 41 heavy (non-hydrogen) atoms. The highest BCUT2D eigenvalue weighted by molar-refractivity contribution is 4.55. The van der Waals surface area contributed by atoms with Crippen LogP contribution in [-0.2, 0) is 0 Å². The quantitative estimate of drug-likeness (QED) is 0.0442. The summed E-state index contributed by atoms with van der Waals surface area (Å²) >= 11 is 0. The summed E-state index contributed by atoms with van der Waals surface area (Å²) in [5.74, 6) is 0. The zero-order valence-electron chi connectivity index (χ0n) is 29.2. The van der Waals surface area contributed by atoms with E-state index in [9.17, 15) is 5.11 Å². The van der Waals surface area contributed by atoms with Crippen molar-refractivity contribution in [3.05, 3.63) is 0 Å². The van der Waals surface area contributed by atoms with Crippen molar-refractivity contribution in [2.24, 2.45) is 0 Å². The summed E-state index contributed by atoms with van der Waals surface area (Å²) in [4.78, 5) is 0. The minimum absolute atomic E-state index is 0. The lowest BCUT2D eigenvalue weighted by atomic mass is 10.0. The number of halogens is 1. The Morgan fingerprint density at radius 3 is 0.683 bits per heavy atom. The van der Waals surface area contributed by atoms with Crippen molar-refractivity contribution >= 4 is 0 Å². The van der Waals surface area contributed by atoms with Crippen LogP contribution in [0.5, 0.6) is 0 Å². The van der Waals surface area contributed by atoms with E-state index in [2.05, 4.69) is 27.7 Å². The van der Waals surface area contributed by atoms with Crippen molar-refractivity contribution in [3.8, 4) is 0 Å². The molecule has 0 saturated carbocycles. The summed E-state index contributed by atoms with van der Waals surface area (Å²) in [7, 11) is 0. The molecule has 0 aliphatic heterocycles. The molecule has 2 nitrogen and oxygen atoms in total. The number of hydrogen-bond donors (Lipinski definition) is 1. The van der Waals surface area contributed by atoms with E-state index >= 15 is 0 Å². The van der Waals surface area contributed by atoms with Crippen LogP contribution in [0.25, 0.3) is 0 Å². The van der Waals surface area contributed by atoms with E-state index in [1.165, 1.54) is 212 Å². The van der Waals surface area contributed by atoms with Gasteiger partial charge in [-0.3, -0.25) is 4.48 Å². The van der Waals surface area contributed by atoms with Crippen LogP contribution < -0.4 is 12.4 Å². The maximum absolute atomic E-state index is 11.1. The predicted octanol–water partition coefficient (Wildman–Crippen LogP) is 9.91. The van der Waals surface area contributed by atoms with Gasteiger partial charge in [-0.05, 0) is 38.5 Å². The number of hydrogen-bond acceptors (Lipinski definition) is 1. The number of rotatable bonds is 34. The molecule has 1 N–H and O–H groups in total. The van der Waals surface area contributed by atoms with E-state index in [-0.39, 0.29) is 18.6 Å². The SMILES string of the molecule is CCCCCCCCCCCC[N+](CCCCCCCCCCCC)(CCCCCCCCCCCC)C(C)O.[Cl-]. The lowest BCUT2D eigenvalue weighted by Crippen LogP contribution is -3.00. The second-order valence-electron chi connectivity index (χ2n) is 13.6. The molecule has 0 aromatic carbocycles. The van der Waals surface area contributed by atoms with E-state index in [1.807, 2.05) is 0 Å². The summed E-state index contributed by atoms with van der Waals surface area (Å²) in [6, 6.07) is 0. The molecule has 0 spiro atoms. The van der Waals surface area contributed by atoms with Crippen LogP contribution in [-0.4, -0.2) is 35.5 Å². The van der Waals surface area contributed by atoms with Gasteiger partial charge >= 0.3 is 0 Å². The Bertz CT molecular complexity index is 409. The molecule has 0 aliphatic carbocycles. The van der Waals surface area contributed by atoms with Gasteiger partial charge in [0.05, 0.1) is 19.6 Å². The molecule has 0 heterocycles. The van der Waals surface area contributed by atoms with Crippen molar-refractivity contribution in [2.45, 2.75) is 227 Å². The third-order valence-electron chi connectivity index (χ3n) is 9.66. The van der Waals surface area contributed by atoms with E-state index in [0.717, 1.165) is 4.48 Å². The van der Waals surface area contributed by atoms with Gasteiger partial charge in [-0.25, -0.2) is 0 Å². The first kappa shape index (κ1) is 43.3. The molecule has 0 fully saturated rings. The molecule has 1 atom stereocenters. The number of quaternary nitrogens is 1. The van der Waals surface area contributed by atoms with Crippen molar-refractivity contribution in [1.29, 1.82) is 0 Å². The summed E-state index contributed by atoms with van der Waals surface area (Å²) in [5.41, 5.74) is 0. The Morgan fingerprint density at radius 2 is 0.512 bits per heavy atom. The van der Waals surface area contributed by atoms with Gasteiger partial charge in [0.15, 0.2) is 6.23 Å². The molecule has 3 heteroatoms. The van der Waals surface area contributed by atoms with Crippen LogP contribution in [0.4, 0.5) is 0 Å². The van der Waals surface area contributed by atoms with Crippen LogP contribution >= 0.6 is 0 Å². The van der Waals surface area contributed by atoms with Gasteiger partial charge in [-0.2, -0.15) is 0 Å². The highest BCUT2D eigenvalue weighted by Gasteiger charge is 2.31. The molecular formula is C38H80ClNO. The summed E-state index contributed by atoms with van der Waals surface area (Å²) in [6.07, 6.45) is 41.7. The molecule has 1 unspecified atom stereocenters. The molecule has 0 rings (SSSR count). The Morgan fingerprint density at radius 1 is 0.341 bits per heavy atom. The first-order valence-corrected chi connectivity index (χ1v) is 19.2. The smallest absolute Gasteiger partial charge is 0.187 e. The largest absolute Gasteiger partial charge is 1.00 e. The Labute approximate surface area is 267 Å². The fraction of sp³-hybridized carbons (Fsp3) is 1.00. The fourth-order valence-corrected chi connectivity index (χ4v) is 6.64. The third-order valence-corrected chi connectivity index (χ3v) is 9.66. The van der Waals surface area contributed by atoms with Gasteiger partial charge < -0.3 is 17.5 Å². The summed E-state index contributed by atoms with van der Waals surface area (Å²) < 4.78 is 0.977. The Hall–Kier alpha value is 0.210. The standard InChI is InChI=1S/C38H80NO.ClH/c1-5-8-11-14-17-20-23-26-29-32-35-39(38(4)40,36-33-30-27-24-21-18-15-12-9-6-2)37-34-31-28-25-22-19-16-13-10-7-3;/h38,40H,5-37H2,1-4H3;1H/q+1;/p-1. The fourth-order valence-electron chi connectivity index (χ4n) is 6.64. The molecule has 0 aromatic heterocycles. The van der Waals surface area contributed by atoms with Gasteiger partial charge in [-0.15, -0.1) is 0 Å². The number of unbranched alkanes of at least 4 members (excludes halogenated alkanes) is 27. The molecule has 0 saturated heterocycles. The topological polar surface area (TPSA) is 20.2 Å². The van der Waals surface area contributed by atoms with Crippen LogP contribution in [0.3, 0.4) is 0 Å². The van der Waals surface area contributed by atoms with Crippen molar-refractivity contribution in [2.75, 3.05) is 19.6 Å². The van der Waals surface area contributed by atoms with Gasteiger partial charge in [0.1, 0.15) is 0 Å². The average molecular weight is 603 g/mol. The van der Waals surface area contributed by atoms with Crippen LogP contribution in [0.1, 0.15) is 220 Å². The monoisotopic (exact) mass is 602 g/mol. The van der Waals surface area contributed by atoms with Gasteiger partial charge in [0, 0.05) is 6.92 Å². The maximum atomic E-state index is 11.1. The molecule has 0 aromatic rings. The zero-order chi connectivity index (χ0) is 29.4. The maximum Gasteiger partial charge on any atom is 0.187 e. The number of aliphatic hydroxyl groups is 1. The molecule has 250 valence electrons. The predicted molar refractivity (Wildman–Crippen MR) is 182 cm³/mol. The molecule has 0 bridgehead atoms. The molecule has 0 aliphatic rings. The third kappa shape index (κ3) is 28.7. The molecule has 0 radical (unpaired) electrons. The van der Waals surface area contributed by atoms with E-state index in [0.29, 0.717) is 0 Å². The van der Waals surface area contributed by atoms with E-state index in [1.54, 1.807) is 0 Å². The second-order valence-corrected chi connectivity index (χ2v) is 13.6. The summed E-state index contributed by atoms with van der Waals surface area (Å²) in [5, 5.41) is 11.1. The Balaban J connectivity index is 0. The highest BCUT2D eigenvalue weighted by Crippen LogP contribution is 2.22. The first-order valence-electron chi connectivity index (χ1n) is 19.2. The number of nitrogens with zero attached hydrogens (tertiary/aromatic N) is 1. The number of aliphatic hydroxyl groups excluding tert-OH is 1. The van der Waals surface area contributed by atoms with Crippen LogP contribution in [0.15, 0.2) is 0 Å². The average Bonchev–Trinajstić information content (AvgIpc) is 2.95. The summed E-state index contributed by atoms with van der Waals surface area (Å²) in [6.45, 7) is 12.6. The van der Waals surface area contributed by atoms with Crippen molar-refractivity contribution in [3.63, 3.8) is 0 Å². The van der Waals surface area contributed by atoms with Gasteiger partial charge in [0.2, 0.25) is 0 Å². The first-order chi connectivity index (χ1) is 19.6. The van der Waals surface area contributed by atoms with Crippen LogP contribution in [0, 0.1) is 0 Å². The normalized spacial score (nSPS) is 12.5. The lowest BCUT2D eigenvalue weighted by molar-refractivity contribution is -0.969. The van der Waals surface area contributed by atoms with Gasteiger partial charge in [0.25, 0.3) is 0 Å². The molecule has 0 amide bonds. The lowest BCUT2D eigenvalue weighted by Gasteiger charge is -2.41. The van der Waals surface area contributed by atoms with Crippen molar-refractivity contribution < 1.29 is 22.0 Å². The Kier molecular flexibility index (Phi) is 36.7. The van der Waals surface area contributed by atoms with Gasteiger partial charge in [-0.1, -0.05) is 175 Å². The van der Waals surface area contributed by atoms with Crippen molar-refractivity contribution in [1.82, 2.24) is 0 Å². The minimum atomic E-state index is -0.212. The molecular weight excluding hydrogens is 522 g/mol. The second kappa shape index (κ2) is 34.7. The van der Waals surface area contributed by atoms with E-state index < -0.39 is 0 Å². The minimum Gasteiger partial charge on any atom is -1.00 e. The van der Waals surface area contributed by atoms with E-state index in [4.69, 9.17) is 0 Å². The zero-order valence-corrected chi connectivity index (χ0v) is 29.9. The highest BCUT2D eigenvalue weighted by atomic mass is 35.5. The van der Waals surface area contributed by atoms with Crippen LogP contribution in [0.2, 0.25) is 0 Å².